The van der Waals surface area contributed by atoms with Crippen molar-refractivity contribution in [2.45, 2.75) is 36.1 Å². The number of hydrogen-bond acceptors (Lipinski definition) is 5. The lowest BCUT2D eigenvalue weighted by atomic mass is 9.77. The van der Waals surface area contributed by atoms with E-state index in [1.165, 1.54) is 0 Å². The van der Waals surface area contributed by atoms with E-state index < -0.39 is 16.3 Å². The van der Waals surface area contributed by atoms with Crippen LogP contribution in [-0.2, 0) is 21.2 Å². The Kier molecular flexibility index (Phi) is 10.8. The molecule has 0 radical (unpaired) electrons. The Morgan fingerprint density at radius 2 is 1.35 bits per heavy atom. The first kappa shape index (κ1) is 28.9. The fraction of sp³-hybridized carbons (Fsp3) is 0.235. The Morgan fingerprint density at radius 1 is 0.825 bits per heavy atom. The van der Waals surface area contributed by atoms with Gasteiger partial charge in [0.05, 0.1) is 17.3 Å². The van der Waals surface area contributed by atoms with E-state index in [9.17, 15) is 4.21 Å². The molecule has 4 aromatic rings. The molecule has 1 N–H and O–H groups in total. The number of nitrogens with zero attached hydrogens (tertiary/aromatic N) is 2. The molecule has 0 aliphatic heterocycles. The maximum Gasteiger partial charge on any atom is 0.129 e. The van der Waals surface area contributed by atoms with Gasteiger partial charge in [0.15, 0.2) is 0 Å². The van der Waals surface area contributed by atoms with E-state index in [2.05, 4.69) is 89.3 Å². The van der Waals surface area contributed by atoms with Crippen LogP contribution in [0.2, 0.25) is 0 Å². The molecule has 5 nitrogen and oxygen atoms in total. The number of benzene rings is 4. The molecule has 0 saturated carbocycles. The molecule has 0 aliphatic rings. The van der Waals surface area contributed by atoms with Crippen LogP contribution in [0, 0.1) is 11.3 Å². The molecule has 1 unspecified atom stereocenters. The fourth-order valence-electron chi connectivity index (χ4n) is 4.86. The average molecular weight is 550 g/mol. The number of nitrogens with one attached hydrogen (secondary N) is 1. The van der Waals surface area contributed by atoms with Gasteiger partial charge < -0.3 is 4.84 Å². The van der Waals surface area contributed by atoms with Crippen molar-refractivity contribution < 1.29 is 9.05 Å². The number of oxime groups is 1. The zero-order chi connectivity index (χ0) is 28.0. The molecule has 0 saturated heterocycles. The summed E-state index contributed by atoms with van der Waals surface area (Å²) in [6.45, 7) is 0.921. The first-order chi connectivity index (χ1) is 19.6. The molecule has 4 rings (SSSR count). The molecule has 1 atom stereocenters. The Morgan fingerprint density at radius 3 is 1.82 bits per heavy atom. The SMILES string of the molecule is CS(=O)c1ccc(C(CCCCC#N)=NOCCNC(c2ccccc2)(c2ccccc2)c2ccccc2)cc1. The maximum atomic E-state index is 11.8. The van der Waals surface area contributed by atoms with Crippen LogP contribution in [0.15, 0.2) is 125 Å². The summed E-state index contributed by atoms with van der Waals surface area (Å²) in [7, 11) is -1.04. The van der Waals surface area contributed by atoms with Crippen molar-refractivity contribution in [2.24, 2.45) is 5.16 Å². The maximum absolute atomic E-state index is 11.8. The third kappa shape index (κ3) is 7.32. The van der Waals surface area contributed by atoms with E-state index in [1.54, 1.807) is 6.26 Å². The molecule has 0 fully saturated rings. The zero-order valence-electron chi connectivity index (χ0n) is 22.8. The standard InChI is InChI=1S/C34H35N3O2S/c1-40(38)32-23-21-28(22-24-32)33(20-12-5-13-25-35)37-39-27-26-36-34(29-14-6-2-7-15-29,30-16-8-3-9-17-30)31-18-10-4-11-19-31/h2-4,6-11,14-19,21-24,36H,5,12-13,20,26-27H2,1H3. The molecule has 204 valence electrons. The van der Waals surface area contributed by atoms with Crippen molar-refractivity contribution in [3.63, 3.8) is 0 Å². The van der Waals surface area contributed by atoms with Crippen LogP contribution in [0.5, 0.6) is 0 Å². The number of hydrogen-bond donors (Lipinski definition) is 1. The van der Waals surface area contributed by atoms with Crippen molar-refractivity contribution in [1.82, 2.24) is 5.32 Å². The minimum absolute atomic E-state index is 0.368. The highest BCUT2D eigenvalue weighted by Crippen LogP contribution is 2.36. The minimum atomic E-state index is -1.04. The van der Waals surface area contributed by atoms with Gasteiger partial charge in [-0.25, -0.2) is 0 Å². The lowest BCUT2D eigenvalue weighted by molar-refractivity contribution is 0.141. The van der Waals surface area contributed by atoms with Gasteiger partial charge in [-0.2, -0.15) is 5.26 Å². The molecular formula is C34H35N3O2S. The summed E-state index contributed by atoms with van der Waals surface area (Å²) in [6.07, 6.45) is 4.54. The lowest BCUT2D eigenvalue weighted by Crippen LogP contribution is -2.46. The quantitative estimate of drug-likeness (QED) is 0.0811. The second kappa shape index (κ2) is 14.9. The van der Waals surface area contributed by atoms with Gasteiger partial charge in [-0.05, 0) is 53.6 Å². The molecule has 40 heavy (non-hydrogen) atoms. The van der Waals surface area contributed by atoms with E-state index in [1.807, 2.05) is 42.5 Å². The number of rotatable bonds is 14. The predicted octanol–water partition coefficient (Wildman–Crippen LogP) is 6.81. The molecule has 0 aliphatic carbocycles. The highest BCUT2D eigenvalue weighted by Gasteiger charge is 2.35. The van der Waals surface area contributed by atoms with Gasteiger partial charge in [0.25, 0.3) is 0 Å². The highest BCUT2D eigenvalue weighted by molar-refractivity contribution is 7.84. The van der Waals surface area contributed by atoms with Gasteiger partial charge in [-0.3, -0.25) is 9.53 Å². The summed E-state index contributed by atoms with van der Waals surface area (Å²) in [4.78, 5) is 6.66. The highest BCUT2D eigenvalue weighted by atomic mass is 32.2. The monoisotopic (exact) mass is 549 g/mol. The van der Waals surface area contributed by atoms with E-state index in [4.69, 9.17) is 10.1 Å². The Balaban J connectivity index is 1.55. The van der Waals surface area contributed by atoms with Crippen molar-refractivity contribution in [3.05, 3.63) is 138 Å². The molecule has 0 amide bonds. The number of nitriles is 1. The first-order valence-corrected chi connectivity index (χ1v) is 15.1. The van der Waals surface area contributed by atoms with Crippen LogP contribution >= 0.6 is 0 Å². The van der Waals surface area contributed by atoms with Gasteiger partial charge in [-0.15, -0.1) is 0 Å². The van der Waals surface area contributed by atoms with Crippen LogP contribution < -0.4 is 5.32 Å². The summed E-state index contributed by atoms with van der Waals surface area (Å²) >= 11 is 0. The third-order valence-electron chi connectivity index (χ3n) is 6.85. The normalized spacial score (nSPS) is 12.4. The van der Waals surface area contributed by atoms with E-state index in [0.29, 0.717) is 26.0 Å². The molecule has 6 heteroatoms. The van der Waals surface area contributed by atoms with E-state index >= 15 is 0 Å². The second-order valence-electron chi connectivity index (χ2n) is 9.49. The third-order valence-corrected chi connectivity index (χ3v) is 7.79. The lowest BCUT2D eigenvalue weighted by Gasteiger charge is -2.37. The largest absolute Gasteiger partial charge is 0.394 e. The van der Waals surface area contributed by atoms with Gasteiger partial charge >= 0.3 is 0 Å². The Hall–Kier alpha value is -4.05. The van der Waals surface area contributed by atoms with Gasteiger partial charge in [-0.1, -0.05) is 108 Å². The summed E-state index contributed by atoms with van der Waals surface area (Å²) in [5.41, 5.74) is 4.62. The van der Waals surface area contributed by atoms with Crippen molar-refractivity contribution in [1.29, 1.82) is 5.26 Å². The topological polar surface area (TPSA) is 74.5 Å². The molecular weight excluding hydrogens is 514 g/mol. The minimum Gasteiger partial charge on any atom is -0.394 e. The van der Waals surface area contributed by atoms with Crippen LogP contribution in [0.25, 0.3) is 0 Å². The van der Waals surface area contributed by atoms with E-state index in [0.717, 1.165) is 45.7 Å². The predicted molar refractivity (Wildman–Crippen MR) is 163 cm³/mol. The molecule has 0 bridgehead atoms. The molecule has 0 spiro atoms. The molecule has 0 aromatic heterocycles. The van der Waals surface area contributed by atoms with Crippen molar-refractivity contribution >= 4 is 16.5 Å². The molecule has 0 heterocycles. The zero-order valence-corrected chi connectivity index (χ0v) is 23.6. The van der Waals surface area contributed by atoms with Gasteiger partial charge in [0.1, 0.15) is 6.61 Å². The molecule has 4 aromatic carbocycles. The number of unbranched alkanes of at least 4 members (excludes halogenated alkanes) is 2. The summed E-state index contributed by atoms with van der Waals surface area (Å²) in [5, 5.41) is 17.2. The van der Waals surface area contributed by atoms with Gasteiger partial charge in [0.2, 0.25) is 0 Å². The summed E-state index contributed by atoms with van der Waals surface area (Å²) in [5.74, 6) is 0. The Bertz CT molecular complexity index is 1320. The average Bonchev–Trinajstić information content (AvgIpc) is 3.01. The van der Waals surface area contributed by atoms with Crippen LogP contribution in [0.4, 0.5) is 0 Å². The van der Waals surface area contributed by atoms with E-state index in [-0.39, 0.29) is 0 Å². The first-order valence-electron chi connectivity index (χ1n) is 13.6. The smallest absolute Gasteiger partial charge is 0.129 e. The summed E-state index contributed by atoms with van der Waals surface area (Å²) in [6, 6.07) is 41.2. The van der Waals surface area contributed by atoms with Crippen LogP contribution in [0.3, 0.4) is 0 Å². The second-order valence-corrected chi connectivity index (χ2v) is 10.9. The van der Waals surface area contributed by atoms with Crippen LogP contribution in [0.1, 0.15) is 47.9 Å². The van der Waals surface area contributed by atoms with Crippen molar-refractivity contribution in [2.75, 3.05) is 19.4 Å². The summed E-state index contributed by atoms with van der Waals surface area (Å²) < 4.78 is 11.8. The van der Waals surface area contributed by atoms with Crippen molar-refractivity contribution in [3.8, 4) is 6.07 Å². The van der Waals surface area contributed by atoms with Crippen LogP contribution in [-0.4, -0.2) is 29.3 Å². The Labute approximate surface area is 240 Å². The fourth-order valence-corrected chi connectivity index (χ4v) is 5.38. The van der Waals surface area contributed by atoms with Gasteiger partial charge in [0, 0.05) is 34.9 Å².